The van der Waals surface area contributed by atoms with E-state index in [4.69, 9.17) is 5.11 Å². The maximum Gasteiger partial charge on any atom is 0.420 e. The topological polar surface area (TPSA) is 20.2 Å². The molecule has 96 valence electrons. The molecule has 0 unspecified atom stereocenters. The Kier molecular flexibility index (Phi) is 3.66. The van der Waals surface area contributed by atoms with Gasteiger partial charge in [-0.1, -0.05) is 22.0 Å². The lowest BCUT2D eigenvalue weighted by atomic mass is 10.00. The number of rotatable bonds is 1. The minimum Gasteiger partial charge on any atom is -0.507 e. The van der Waals surface area contributed by atoms with Crippen molar-refractivity contribution in [2.24, 2.45) is 0 Å². The van der Waals surface area contributed by atoms with Gasteiger partial charge >= 0.3 is 12.4 Å². The summed E-state index contributed by atoms with van der Waals surface area (Å²) in [5.74, 6) is -1.44. The Morgan fingerprint density at radius 2 is 1.41 bits per heavy atom. The molecule has 0 aliphatic rings. The van der Waals surface area contributed by atoms with Gasteiger partial charge in [0.25, 0.3) is 0 Å². The van der Waals surface area contributed by atoms with Crippen LogP contribution in [-0.4, -0.2) is 5.11 Å². The molecule has 0 fully saturated rings. The zero-order chi connectivity index (χ0) is 13.4. The monoisotopic (exact) mass is 322 g/mol. The van der Waals surface area contributed by atoms with E-state index in [9.17, 15) is 26.3 Å². The standard InChI is InChI=1S/C9H5BrF6O/c10-3-4-1-2-5(17)7(9(14,15)16)6(4)8(11,12)13/h1-2,17H,3H2. The first-order valence-electron chi connectivity index (χ1n) is 4.14. The fourth-order valence-electron chi connectivity index (χ4n) is 1.36. The highest BCUT2D eigenvalue weighted by Crippen LogP contribution is 2.46. The van der Waals surface area contributed by atoms with Gasteiger partial charge in [0.05, 0.1) is 5.56 Å². The predicted octanol–water partition coefficient (Wildman–Crippen LogP) is 4.32. The molecule has 1 nitrogen and oxygen atoms in total. The molecule has 0 heterocycles. The van der Waals surface area contributed by atoms with Crippen LogP contribution in [0.3, 0.4) is 0 Å². The Labute approximate surface area is 100 Å². The molecule has 0 aromatic heterocycles. The van der Waals surface area contributed by atoms with Crippen molar-refractivity contribution in [2.75, 3.05) is 0 Å². The van der Waals surface area contributed by atoms with Crippen molar-refractivity contribution in [1.82, 2.24) is 0 Å². The molecule has 1 aromatic rings. The SMILES string of the molecule is Oc1ccc(CBr)c(C(F)(F)F)c1C(F)(F)F. The summed E-state index contributed by atoms with van der Waals surface area (Å²) in [4.78, 5) is 0. The van der Waals surface area contributed by atoms with E-state index in [0.717, 1.165) is 6.07 Å². The van der Waals surface area contributed by atoms with Gasteiger partial charge in [-0.15, -0.1) is 0 Å². The van der Waals surface area contributed by atoms with E-state index in [1.807, 2.05) is 0 Å². The summed E-state index contributed by atoms with van der Waals surface area (Å²) in [5, 5.41) is 8.58. The second-order valence-corrected chi connectivity index (χ2v) is 3.68. The summed E-state index contributed by atoms with van der Waals surface area (Å²) in [6.07, 6.45) is -10.5. The van der Waals surface area contributed by atoms with E-state index in [1.165, 1.54) is 0 Å². The van der Waals surface area contributed by atoms with Crippen LogP contribution in [0.5, 0.6) is 5.75 Å². The van der Waals surface area contributed by atoms with Crippen molar-refractivity contribution in [3.63, 3.8) is 0 Å². The largest absolute Gasteiger partial charge is 0.507 e. The first kappa shape index (κ1) is 14.1. The number of alkyl halides is 7. The number of hydrogen-bond acceptors (Lipinski definition) is 1. The summed E-state index contributed by atoms with van der Waals surface area (Å²) in [5.41, 5.74) is -4.49. The number of phenols is 1. The molecule has 8 heteroatoms. The zero-order valence-electron chi connectivity index (χ0n) is 7.95. The number of hydrogen-bond donors (Lipinski definition) is 1. The predicted molar refractivity (Wildman–Crippen MR) is 50.7 cm³/mol. The number of phenolic OH excluding ortho intramolecular Hbond substituents is 1. The van der Waals surface area contributed by atoms with E-state index < -0.39 is 40.1 Å². The molecule has 0 atom stereocenters. The van der Waals surface area contributed by atoms with Crippen LogP contribution < -0.4 is 0 Å². The zero-order valence-corrected chi connectivity index (χ0v) is 9.54. The molecule has 1 aromatic carbocycles. The van der Waals surface area contributed by atoms with Gasteiger partial charge < -0.3 is 5.11 Å². The molecule has 0 aliphatic carbocycles. The third-order valence-corrected chi connectivity index (χ3v) is 2.58. The number of aromatic hydroxyl groups is 1. The number of benzene rings is 1. The quantitative estimate of drug-likeness (QED) is 0.603. The van der Waals surface area contributed by atoms with Gasteiger partial charge in [-0.2, -0.15) is 26.3 Å². The van der Waals surface area contributed by atoms with Crippen molar-refractivity contribution in [2.45, 2.75) is 17.7 Å². The molecular weight excluding hydrogens is 318 g/mol. The van der Waals surface area contributed by atoms with Crippen LogP contribution in [0.15, 0.2) is 12.1 Å². The summed E-state index contributed by atoms with van der Waals surface area (Å²) in [7, 11) is 0. The van der Waals surface area contributed by atoms with Gasteiger partial charge in [0.2, 0.25) is 0 Å². The van der Waals surface area contributed by atoms with Crippen molar-refractivity contribution in [3.05, 3.63) is 28.8 Å². The van der Waals surface area contributed by atoms with Gasteiger partial charge in [-0.25, -0.2) is 0 Å². The fraction of sp³-hybridized carbons (Fsp3) is 0.333. The molecular formula is C9H5BrF6O. The number of halogens is 7. The molecule has 17 heavy (non-hydrogen) atoms. The molecule has 0 saturated carbocycles. The molecule has 0 saturated heterocycles. The van der Waals surface area contributed by atoms with Crippen molar-refractivity contribution in [1.29, 1.82) is 0 Å². The Morgan fingerprint density at radius 3 is 1.76 bits per heavy atom. The molecule has 1 N–H and O–H groups in total. The van der Waals surface area contributed by atoms with Gasteiger partial charge in [0.15, 0.2) is 0 Å². The minimum atomic E-state index is -5.27. The average Bonchev–Trinajstić information content (AvgIpc) is 2.13. The van der Waals surface area contributed by atoms with Crippen LogP contribution in [0.2, 0.25) is 0 Å². The first-order valence-corrected chi connectivity index (χ1v) is 5.26. The molecule has 0 amide bonds. The third-order valence-electron chi connectivity index (χ3n) is 1.98. The van der Waals surface area contributed by atoms with E-state index in [0.29, 0.717) is 6.07 Å². The Morgan fingerprint density at radius 1 is 0.941 bits per heavy atom. The molecule has 0 aliphatic heterocycles. The molecule has 1 rings (SSSR count). The smallest absolute Gasteiger partial charge is 0.420 e. The van der Waals surface area contributed by atoms with Crippen molar-refractivity contribution >= 4 is 15.9 Å². The first-order chi connectivity index (χ1) is 7.59. The Hall–Kier alpha value is -0.920. The van der Waals surface area contributed by atoms with Gasteiger partial charge in [0, 0.05) is 5.33 Å². The maximum absolute atomic E-state index is 12.6. The molecule has 0 bridgehead atoms. The van der Waals surface area contributed by atoms with Crippen LogP contribution in [-0.2, 0) is 17.7 Å². The van der Waals surface area contributed by atoms with Gasteiger partial charge in [-0.05, 0) is 11.6 Å². The lowest BCUT2D eigenvalue weighted by Crippen LogP contribution is -2.18. The summed E-state index contributed by atoms with van der Waals surface area (Å²) in [6, 6.07) is 1.39. The highest BCUT2D eigenvalue weighted by molar-refractivity contribution is 9.08. The highest BCUT2D eigenvalue weighted by Gasteiger charge is 2.46. The Balaban J connectivity index is 3.67. The third kappa shape index (κ3) is 2.85. The van der Waals surface area contributed by atoms with Crippen molar-refractivity contribution < 1.29 is 31.4 Å². The Bertz CT molecular complexity index is 423. The fourth-order valence-corrected chi connectivity index (χ4v) is 1.82. The minimum absolute atomic E-state index is 0.398. The van der Waals surface area contributed by atoms with Gasteiger partial charge in [0.1, 0.15) is 11.3 Å². The summed E-state index contributed by atoms with van der Waals surface area (Å²) >= 11 is 2.68. The second kappa shape index (κ2) is 4.40. The van der Waals surface area contributed by atoms with Gasteiger partial charge in [-0.3, -0.25) is 0 Å². The normalized spacial score (nSPS) is 12.9. The lowest BCUT2D eigenvalue weighted by Gasteiger charge is -2.19. The highest BCUT2D eigenvalue weighted by atomic mass is 79.9. The van der Waals surface area contributed by atoms with E-state index in [1.54, 1.807) is 0 Å². The van der Waals surface area contributed by atoms with E-state index in [2.05, 4.69) is 15.9 Å². The van der Waals surface area contributed by atoms with Crippen LogP contribution in [0, 0.1) is 0 Å². The van der Waals surface area contributed by atoms with E-state index in [-0.39, 0.29) is 0 Å². The van der Waals surface area contributed by atoms with Crippen LogP contribution in [0.4, 0.5) is 26.3 Å². The molecule has 0 spiro atoms. The van der Waals surface area contributed by atoms with E-state index >= 15 is 0 Å². The second-order valence-electron chi connectivity index (χ2n) is 3.12. The van der Waals surface area contributed by atoms with Crippen LogP contribution >= 0.6 is 15.9 Å². The average molecular weight is 323 g/mol. The molecule has 0 radical (unpaired) electrons. The summed E-state index contributed by atoms with van der Waals surface area (Å²) in [6.45, 7) is 0. The van der Waals surface area contributed by atoms with Crippen LogP contribution in [0.1, 0.15) is 16.7 Å². The lowest BCUT2D eigenvalue weighted by molar-refractivity contribution is -0.163. The van der Waals surface area contributed by atoms with Crippen LogP contribution in [0.25, 0.3) is 0 Å². The van der Waals surface area contributed by atoms with Crippen molar-refractivity contribution in [3.8, 4) is 5.75 Å². The maximum atomic E-state index is 12.6. The summed E-state index contributed by atoms with van der Waals surface area (Å²) < 4.78 is 75.2.